The fourth-order valence-electron chi connectivity index (χ4n) is 5.47. The number of aromatic nitrogens is 2. The van der Waals surface area contributed by atoms with E-state index in [0.717, 1.165) is 12.8 Å². The van der Waals surface area contributed by atoms with E-state index in [0.29, 0.717) is 36.4 Å². The minimum absolute atomic E-state index is 0. The van der Waals surface area contributed by atoms with Gasteiger partial charge in [0.2, 0.25) is 5.90 Å². The van der Waals surface area contributed by atoms with Gasteiger partial charge in [0.15, 0.2) is 0 Å². The van der Waals surface area contributed by atoms with Gasteiger partial charge in [-0.05, 0) is 55.3 Å². The third kappa shape index (κ3) is 10.5. The summed E-state index contributed by atoms with van der Waals surface area (Å²) in [5.41, 5.74) is -2.54. The number of halogens is 6. The summed E-state index contributed by atoms with van der Waals surface area (Å²) >= 11 is 0. The summed E-state index contributed by atoms with van der Waals surface area (Å²) in [7, 11) is 0. The first-order chi connectivity index (χ1) is 20.8. The van der Waals surface area contributed by atoms with Crippen LogP contribution in [0.2, 0.25) is 0 Å². The van der Waals surface area contributed by atoms with Crippen LogP contribution in [0.5, 0.6) is 0 Å². The standard InChI is InChI=1S/C30H31F6N5O3.Fe/c31-29(32,33)20-13-21(30(34,35)36)15-24(14-20)39-27(42)18-40(16-22-7-3-5-11-37-22)25-9-1-2-10-26(25)41(19-28(43)44)17-23-8-4-6-12-38-23;/h3-8,11-15,25-26H,1-2,9-10,16-19H2,(H,39,42)(H,43,44);/t25-,26?;/m1./s1. The van der Waals surface area contributed by atoms with Crippen LogP contribution < -0.4 is 0 Å². The third-order valence-electron chi connectivity index (χ3n) is 7.33. The van der Waals surface area contributed by atoms with Gasteiger partial charge in [-0.2, -0.15) is 26.3 Å². The van der Waals surface area contributed by atoms with E-state index in [1.54, 1.807) is 58.6 Å². The van der Waals surface area contributed by atoms with Crippen LogP contribution >= 0.6 is 0 Å². The molecule has 45 heavy (non-hydrogen) atoms. The van der Waals surface area contributed by atoms with Crippen molar-refractivity contribution >= 4 is 17.6 Å². The summed E-state index contributed by atoms with van der Waals surface area (Å²) in [6.07, 6.45) is -4.17. The minimum atomic E-state index is -5.07. The molecule has 1 saturated carbocycles. The fraction of sp³-hybridized carbons (Fsp3) is 0.400. The Morgan fingerprint density at radius 2 is 1.24 bits per heavy atom. The minimum Gasteiger partial charge on any atom is -0.495 e. The van der Waals surface area contributed by atoms with Gasteiger partial charge < -0.3 is 10.2 Å². The summed E-state index contributed by atoms with van der Waals surface area (Å²) in [5, 5.41) is 20.6. The molecule has 0 bridgehead atoms. The Labute approximate surface area is 266 Å². The molecule has 1 aliphatic carbocycles. The molecular weight excluding hydrogens is 648 g/mol. The Morgan fingerprint density at radius 1 is 0.778 bits per heavy atom. The van der Waals surface area contributed by atoms with Crippen molar-refractivity contribution in [1.82, 2.24) is 19.8 Å². The van der Waals surface area contributed by atoms with Crippen molar-refractivity contribution in [2.45, 2.75) is 63.2 Å². The quantitative estimate of drug-likeness (QED) is 0.103. The first-order valence-corrected chi connectivity index (χ1v) is 13.9. The molecule has 2 heterocycles. The van der Waals surface area contributed by atoms with E-state index in [9.17, 15) is 41.4 Å². The van der Waals surface area contributed by atoms with Gasteiger partial charge in [0.05, 0.1) is 41.3 Å². The van der Waals surface area contributed by atoms with Crippen LogP contribution in [-0.2, 0) is 47.3 Å². The van der Waals surface area contributed by atoms with Crippen molar-refractivity contribution in [3.05, 3.63) is 89.5 Å². The summed E-state index contributed by atoms with van der Waals surface area (Å²) in [6, 6.07) is 10.7. The van der Waals surface area contributed by atoms with Gasteiger partial charge in [-0.3, -0.25) is 24.6 Å². The van der Waals surface area contributed by atoms with Crippen molar-refractivity contribution in [3.8, 4) is 0 Å². The predicted octanol–water partition coefficient (Wildman–Crippen LogP) is 6.50. The van der Waals surface area contributed by atoms with Crippen LogP contribution in [-0.4, -0.2) is 67.0 Å². The molecule has 0 spiro atoms. The van der Waals surface area contributed by atoms with Crippen molar-refractivity contribution in [3.63, 3.8) is 0 Å². The molecule has 244 valence electrons. The molecule has 0 aliphatic heterocycles. The van der Waals surface area contributed by atoms with E-state index in [-0.39, 0.29) is 61.4 Å². The second kappa shape index (κ2) is 15.7. The number of alkyl halides is 6. The van der Waals surface area contributed by atoms with Gasteiger partial charge in [-0.15, -0.1) is 0 Å². The normalized spacial score (nSPS) is 17.7. The summed E-state index contributed by atoms with van der Waals surface area (Å²) in [4.78, 5) is 27.9. The molecule has 1 fully saturated rings. The summed E-state index contributed by atoms with van der Waals surface area (Å²) in [6.45, 7) is -0.238. The molecule has 2 atom stereocenters. The fourth-order valence-corrected chi connectivity index (χ4v) is 5.47. The SMILES string of the molecule is O=C(O)CN(Cc1ccccn1)C1CCCC[C@H]1N(CC(O)=Nc1cc(C(F)(F)F)cc(C(F)(F)F)c1)Cc1ccccn1.[Fe]. The molecule has 1 aliphatic rings. The molecule has 4 rings (SSSR count). The predicted molar refractivity (Wildman–Crippen MR) is 149 cm³/mol. The molecule has 1 unspecified atom stereocenters. The number of aliphatic hydroxyl groups excluding tert-OH is 1. The van der Waals surface area contributed by atoms with Gasteiger partial charge >= 0.3 is 18.3 Å². The Hall–Kier alpha value is -3.52. The van der Waals surface area contributed by atoms with Crippen LogP contribution in [0.4, 0.5) is 32.0 Å². The zero-order valence-electron chi connectivity index (χ0n) is 23.8. The monoisotopic (exact) mass is 679 g/mol. The average molecular weight is 679 g/mol. The number of pyridine rings is 2. The number of nitrogens with zero attached hydrogens (tertiary/aromatic N) is 5. The van der Waals surface area contributed by atoms with Gasteiger partial charge in [-0.25, -0.2) is 4.99 Å². The van der Waals surface area contributed by atoms with E-state index in [2.05, 4.69) is 15.0 Å². The largest absolute Gasteiger partial charge is 0.495 e. The van der Waals surface area contributed by atoms with Crippen molar-refractivity contribution in [1.29, 1.82) is 0 Å². The van der Waals surface area contributed by atoms with Crippen molar-refractivity contribution in [2.24, 2.45) is 4.99 Å². The first-order valence-electron chi connectivity index (χ1n) is 13.9. The van der Waals surface area contributed by atoms with Gasteiger partial charge in [0.1, 0.15) is 0 Å². The molecule has 0 amide bonds. The number of carboxylic acids is 1. The number of hydrogen-bond donors (Lipinski definition) is 2. The molecule has 8 nitrogen and oxygen atoms in total. The number of aliphatic imine (C=N–C) groups is 1. The Morgan fingerprint density at radius 3 is 1.64 bits per heavy atom. The van der Waals surface area contributed by atoms with E-state index >= 15 is 0 Å². The number of aliphatic carboxylic acids is 1. The smallest absolute Gasteiger partial charge is 0.416 e. The van der Waals surface area contributed by atoms with Crippen molar-refractivity contribution < 1.29 is 58.4 Å². The molecule has 0 radical (unpaired) electrons. The number of aliphatic hydroxyl groups is 1. The first kappa shape index (κ1) is 36.0. The Bertz CT molecular complexity index is 1390. The van der Waals surface area contributed by atoms with E-state index in [1.807, 2.05) is 0 Å². The number of benzene rings is 1. The van der Waals surface area contributed by atoms with Crippen molar-refractivity contribution in [2.75, 3.05) is 13.1 Å². The Kier molecular flexibility index (Phi) is 12.5. The Balaban J connectivity index is 0.00000552. The topological polar surface area (TPSA) is 102 Å². The zero-order chi connectivity index (χ0) is 31.9. The molecular formula is C30H31F6FeN5O3. The molecule has 3 aromatic rings. The average Bonchev–Trinajstić information content (AvgIpc) is 2.96. The second-order valence-corrected chi connectivity index (χ2v) is 10.6. The second-order valence-electron chi connectivity index (χ2n) is 10.6. The van der Waals surface area contributed by atoms with E-state index in [4.69, 9.17) is 0 Å². The van der Waals surface area contributed by atoms with Gasteiger partial charge in [-0.1, -0.05) is 25.0 Å². The van der Waals surface area contributed by atoms with Gasteiger partial charge in [0, 0.05) is 54.6 Å². The zero-order valence-corrected chi connectivity index (χ0v) is 24.9. The van der Waals surface area contributed by atoms with Crippen LogP contribution in [0.25, 0.3) is 0 Å². The van der Waals surface area contributed by atoms with E-state index in [1.165, 1.54) is 0 Å². The molecule has 2 N–H and O–H groups in total. The van der Waals surface area contributed by atoms with Crippen LogP contribution in [0.15, 0.2) is 72.0 Å². The number of carboxylic acid groups (broad SMARTS) is 1. The molecule has 0 saturated heterocycles. The maximum absolute atomic E-state index is 13.4. The van der Waals surface area contributed by atoms with Crippen LogP contribution in [0.1, 0.15) is 48.2 Å². The summed E-state index contributed by atoms with van der Waals surface area (Å²) in [5.74, 6) is -1.75. The summed E-state index contributed by atoms with van der Waals surface area (Å²) < 4.78 is 80.3. The number of hydrogen-bond acceptors (Lipinski definition) is 6. The maximum Gasteiger partial charge on any atom is 0.416 e. The van der Waals surface area contributed by atoms with Crippen LogP contribution in [0.3, 0.4) is 0 Å². The van der Waals surface area contributed by atoms with Gasteiger partial charge in [0.25, 0.3) is 0 Å². The third-order valence-corrected chi connectivity index (χ3v) is 7.33. The number of carbonyl (C=O) groups is 1. The molecule has 1 aromatic carbocycles. The molecule has 15 heteroatoms. The van der Waals surface area contributed by atoms with E-state index < -0.39 is 41.0 Å². The molecule has 2 aromatic heterocycles. The number of rotatable bonds is 11. The van der Waals surface area contributed by atoms with Crippen LogP contribution in [0, 0.1) is 0 Å². The maximum atomic E-state index is 13.4.